The molecule has 0 aliphatic heterocycles. The summed E-state index contributed by atoms with van der Waals surface area (Å²) in [5.41, 5.74) is 0.938. The van der Waals surface area contributed by atoms with Crippen LogP contribution < -0.4 is 0 Å². The van der Waals surface area contributed by atoms with Gasteiger partial charge in [-0.05, 0) is 12.0 Å². The Labute approximate surface area is 83.9 Å². The summed E-state index contributed by atoms with van der Waals surface area (Å²) in [6, 6.07) is 0. The van der Waals surface area contributed by atoms with E-state index in [1.807, 2.05) is 20.2 Å². The van der Waals surface area contributed by atoms with E-state index in [9.17, 15) is 4.79 Å². The van der Waals surface area contributed by atoms with Crippen LogP contribution in [0.15, 0.2) is 12.4 Å². The number of hydrogen-bond donors (Lipinski definition) is 0. The monoisotopic (exact) mass is 196 g/mol. The molecule has 78 valence electrons. The molecule has 0 amide bonds. The first kappa shape index (κ1) is 10.9. The molecular weight excluding hydrogens is 180 g/mol. The lowest BCUT2D eigenvalue weighted by Crippen LogP contribution is -2.23. The van der Waals surface area contributed by atoms with Gasteiger partial charge in [0.1, 0.15) is 6.10 Å². The van der Waals surface area contributed by atoms with Gasteiger partial charge in [0.25, 0.3) is 0 Å². The number of carbonyl (C=O) groups excluding carboxylic acids is 1. The molecule has 1 rings (SSSR count). The van der Waals surface area contributed by atoms with Crippen molar-refractivity contribution in [2.75, 3.05) is 7.11 Å². The number of hydrogen-bond acceptors (Lipinski definition) is 3. The molecule has 0 bridgehead atoms. The van der Waals surface area contributed by atoms with Crippen molar-refractivity contribution >= 4 is 5.78 Å². The third-order valence-corrected chi connectivity index (χ3v) is 2.15. The highest BCUT2D eigenvalue weighted by Crippen LogP contribution is 2.05. The van der Waals surface area contributed by atoms with Gasteiger partial charge in [0, 0.05) is 26.8 Å². The maximum absolute atomic E-state index is 11.6. The molecule has 0 aromatic carbocycles. The molecule has 0 N–H and O–H groups in total. The van der Waals surface area contributed by atoms with Crippen LogP contribution in [0.4, 0.5) is 0 Å². The van der Waals surface area contributed by atoms with Gasteiger partial charge in [0.15, 0.2) is 5.78 Å². The number of carbonyl (C=O) groups is 1. The minimum atomic E-state index is -0.282. The molecule has 0 saturated carbocycles. The van der Waals surface area contributed by atoms with Crippen molar-refractivity contribution in [1.82, 2.24) is 9.78 Å². The molecule has 4 heteroatoms. The molecular formula is C10H16N2O2. The molecule has 0 aliphatic rings. The summed E-state index contributed by atoms with van der Waals surface area (Å²) >= 11 is 0. The van der Waals surface area contributed by atoms with Gasteiger partial charge in [-0.2, -0.15) is 5.10 Å². The summed E-state index contributed by atoms with van der Waals surface area (Å²) in [4.78, 5) is 11.6. The lowest BCUT2D eigenvalue weighted by Gasteiger charge is -2.10. The van der Waals surface area contributed by atoms with Gasteiger partial charge in [0.05, 0.1) is 6.20 Å². The van der Waals surface area contributed by atoms with E-state index >= 15 is 0 Å². The maximum Gasteiger partial charge on any atom is 0.165 e. The van der Waals surface area contributed by atoms with Gasteiger partial charge in [0.2, 0.25) is 0 Å². The zero-order chi connectivity index (χ0) is 10.6. The van der Waals surface area contributed by atoms with Gasteiger partial charge in [-0.3, -0.25) is 9.48 Å². The zero-order valence-electron chi connectivity index (χ0n) is 8.86. The van der Waals surface area contributed by atoms with Gasteiger partial charge in [-0.25, -0.2) is 0 Å². The predicted molar refractivity (Wildman–Crippen MR) is 53.0 cm³/mol. The van der Waals surface area contributed by atoms with E-state index in [4.69, 9.17) is 4.74 Å². The summed E-state index contributed by atoms with van der Waals surface area (Å²) in [5.74, 6) is 0.114. The first-order valence-electron chi connectivity index (χ1n) is 4.70. The third kappa shape index (κ3) is 2.67. The molecule has 0 saturated heterocycles. The van der Waals surface area contributed by atoms with E-state index in [0.29, 0.717) is 6.42 Å². The Balaban J connectivity index is 2.56. The largest absolute Gasteiger partial charge is 0.374 e. The van der Waals surface area contributed by atoms with Gasteiger partial charge in [-0.1, -0.05) is 6.92 Å². The number of Topliss-reactive ketones (excluding diaryl/α,β-unsaturated/α-hetero) is 1. The molecule has 0 fully saturated rings. The summed E-state index contributed by atoms with van der Waals surface area (Å²) in [7, 11) is 3.40. The fraction of sp³-hybridized carbons (Fsp3) is 0.600. The normalized spacial score (nSPS) is 12.8. The van der Waals surface area contributed by atoms with Crippen LogP contribution in [0.25, 0.3) is 0 Å². The van der Waals surface area contributed by atoms with E-state index in [2.05, 4.69) is 5.10 Å². The third-order valence-electron chi connectivity index (χ3n) is 2.15. The molecule has 1 unspecified atom stereocenters. The van der Waals surface area contributed by atoms with Crippen LogP contribution in [-0.2, 0) is 23.0 Å². The van der Waals surface area contributed by atoms with Crippen molar-refractivity contribution in [1.29, 1.82) is 0 Å². The van der Waals surface area contributed by atoms with E-state index in [0.717, 1.165) is 12.0 Å². The van der Waals surface area contributed by atoms with Gasteiger partial charge < -0.3 is 4.74 Å². The average Bonchev–Trinajstić information content (AvgIpc) is 2.53. The highest BCUT2D eigenvalue weighted by Gasteiger charge is 2.15. The SMILES string of the molecule is CCC(OC)C(=O)Cc1cnn(C)c1. The Morgan fingerprint density at radius 2 is 2.43 bits per heavy atom. The van der Waals surface area contributed by atoms with Gasteiger partial charge >= 0.3 is 0 Å². The smallest absolute Gasteiger partial charge is 0.165 e. The summed E-state index contributed by atoms with van der Waals surface area (Å²) in [6.45, 7) is 1.94. The second-order valence-corrected chi connectivity index (χ2v) is 3.30. The second kappa shape index (κ2) is 4.91. The minimum Gasteiger partial charge on any atom is -0.374 e. The first-order valence-corrected chi connectivity index (χ1v) is 4.70. The fourth-order valence-electron chi connectivity index (χ4n) is 1.40. The predicted octanol–water partition coefficient (Wildman–Crippen LogP) is 0.957. The van der Waals surface area contributed by atoms with Crippen molar-refractivity contribution in [2.24, 2.45) is 7.05 Å². The number of methoxy groups -OCH3 is 1. The standard InChI is InChI=1S/C10H16N2O2/c1-4-10(14-3)9(13)5-8-6-11-12(2)7-8/h6-7,10H,4-5H2,1-3H3. The quantitative estimate of drug-likeness (QED) is 0.704. The highest BCUT2D eigenvalue weighted by atomic mass is 16.5. The molecule has 0 aliphatic carbocycles. The molecule has 0 spiro atoms. The first-order chi connectivity index (χ1) is 6.67. The number of aryl methyl sites for hydroxylation is 1. The average molecular weight is 196 g/mol. The van der Waals surface area contributed by atoms with Crippen LogP contribution >= 0.6 is 0 Å². The lowest BCUT2D eigenvalue weighted by molar-refractivity contribution is -0.128. The van der Waals surface area contributed by atoms with Crippen molar-refractivity contribution in [3.05, 3.63) is 18.0 Å². The summed E-state index contributed by atoms with van der Waals surface area (Å²) < 4.78 is 6.75. The van der Waals surface area contributed by atoms with Crippen molar-refractivity contribution in [3.63, 3.8) is 0 Å². The van der Waals surface area contributed by atoms with Crippen LogP contribution in [0.2, 0.25) is 0 Å². The molecule has 0 radical (unpaired) electrons. The van der Waals surface area contributed by atoms with Crippen molar-refractivity contribution < 1.29 is 9.53 Å². The van der Waals surface area contributed by atoms with Gasteiger partial charge in [-0.15, -0.1) is 0 Å². The Morgan fingerprint density at radius 1 is 1.71 bits per heavy atom. The second-order valence-electron chi connectivity index (χ2n) is 3.30. The number of ketones is 1. The maximum atomic E-state index is 11.6. The minimum absolute atomic E-state index is 0.114. The van der Waals surface area contributed by atoms with E-state index < -0.39 is 0 Å². The molecule has 4 nitrogen and oxygen atoms in total. The van der Waals surface area contributed by atoms with Crippen LogP contribution in [0.3, 0.4) is 0 Å². The number of ether oxygens (including phenoxy) is 1. The van der Waals surface area contributed by atoms with Crippen LogP contribution in [0, 0.1) is 0 Å². The highest BCUT2D eigenvalue weighted by molar-refractivity contribution is 5.85. The summed E-state index contributed by atoms with van der Waals surface area (Å²) in [6.07, 6.45) is 4.39. The fourth-order valence-corrected chi connectivity index (χ4v) is 1.40. The summed E-state index contributed by atoms with van der Waals surface area (Å²) in [5, 5.41) is 4.00. The lowest BCUT2D eigenvalue weighted by atomic mass is 10.1. The van der Waals surface area contributed by atoms with E-state index in [1.54, 1.807) is 18.0 Å². The molecule has 1 atom stereocenters. The molecule has 1 aromatic heterocycles. The Kier molecular flexibility index (Phi) is 3.83. The zero-order valence-corrected chi connectivity index (χ0v) is 8.86. The van der Waals surface area contributed by atoms with Crippen LogP contribution in [-0.4, -0.2) is 28.8 Å². The number of aromatic nitrogens is 2. The van der Waals surface area contributed by atoms with Crippen molar-refractivity contribution in [3.8, 4) is 0 Å². The molecule has 1 aromatic rings. The molecule has 1 heterocycles. The van der Waals surface area contributed by atoms with Crippen LogP contribution in [0.1, 0.15) is 18.9 Å². The number of rotatable bonds is 5. The molecule has 14 heavy (non-hydrogen) atoms. The van der Waals surface area contributed by atoms with Crippen molar-refractivity contribution in [2.45, 2.75) is 25.9 Å². The van der Waals surface area contributed by atoms with E-state index in [-0.39, 0.29) is 11.9 Å². The van der Waals surface area contributed by atoms with E-state index in [1.165, 1.54) is 0 Å². The Bertz CT molecular complexity index is 303. The Morgan fingerprint density at radius 3 is 2.86 bits per heavy atom. The van der Waals surface area contributed by atoms with Crippen LogP contribution in [0.5, 0.6) is 0 Å². The topological polar surface area (TPSA) is 44.1 Å². The number of nitrogens with zero attached hydrogens (tertiary/aromatic N) is 2. The Hall–Kier alpha value is -1.16.